The Kier molecular flexibility index (Phi) is 7.29. The zero-order valence-electron chi connectivity index (χ0n) is 18.3. The normalized spacial score (nSPS) is 10.5. The highest BCUT2D eigenvalue weighted by Gasteiger charge is 2.18. The number of para-hydroxylation sites is 1. The largest absolute Gasteiger partial charge is 0.489 e. The lowest BCUT2D eigenvalue weighted by Gasteiger charge is -2.17. The van der Waals surface area contributed by atoms with Gasteiger partial charge in [0.25, 0.3) is 0 Å². The molecule has 0 spiro atoms. The smallest absolute Gasteiger partial charge is 0.338 e. The number of rotatable bonds is 8. The first-order chi connectivity index (χ1) is 16.5. The fraction of sp³-hybridized carbons (Fsp3) is 0.115. The predicted octanol–water partition coefficient (Wildman–Crippen LogP) is 5.90. The van der Waals surface area contributed by atoms with Gasteiger partial charge in [-0.15, -0.1) is 11.3 Å². The number of hydrogen-bond donors (Lipinski definition) is 0. The molecule has 0 radical (unpaired) electrons. The second-order valence-electron chi connectivity index (χ2n) is 7.33. The minimum absolute atomic E-state index is 0.0312. The van der Waals surface area contributed by atoms with Gasteiger partial charge in [-0.25, -0.2) is 14.2 Å². The van der Waals surface area contributed by atoms with E-state index < -0.39 is 5.97 Å². The first kappa shape index (κ1) is 23.1. The van der Waals surface area contributed by atoms with Crippen LogP contribution in [-0.2, 0) is 22.7 Å². The van der Waals surface area contributed by atoms with E-state index in [2.05, 4.69) is 4.98 Å². The number of hydrogen-bond acceptors (Lipinski definition) is 6. The number of ether oxygens (including phenoxy) is 2. The van der Waals surface area contributed by atoms with Crippen LogP contribution in [0.3, 0.4) is 0 Å². The molecule has 0 aliphatic carbocycles. The Labute approximate surface area is 200 Å². The number of amides is 1. The van der Waals surface area contributed by atoms with Crippen molar-refractivity contribution in [2.45, 2.75) is 20.1 Å². The number of thiazole rings is 1. The Morgan fingerprint density at radius 1 is 0.971 bits per heavy atom. The lowest BCUT2D eigenvalue weighted by Crippen LogP contribution is -2.22. The van der Waals surface area contributed by atoms with E-state index in [1.807, 2.05) is 30.3 Å². The lowest BCUT2D eigenvalue weighted by atomic mass is 10.2. The van der Waals surface area contributed by atoms with E-state index in [4.69, 9.17) is 9.47 Å². The number of esters is 1. The highest BCUT2D eigenvalue weighted by molar-refractivity contribution is 7.14. The third kappa shape index (κ3) is 5.85. The molecule has 6 nitrogen and oxygen atoms in total. The number of aromatic nitrogens is 1. The molecule has 0 N–H and O–H groups in total. The number of carbonyl (C=O) groups excluding carboxylic acids is 2. The summed E-state index contributed by atoms with van der Waals surface area (Å²) in [5.74, 6) is -0.501. The summed E-state index contributed by atoms with van der Waals surface area (Å²) in [6, 6.07) is 21.9. The SMILES string of the molecule is CC(=O)N(c1ccccc1)c1nc(COC(=O)c2cccc(OCc3ccc(F)cc3)c2)cs1. The molecule has 3 aromatic carbocycles. The summed E-state index contributed by atoms with van der Waals surface area (Å²) in [4.78, 5) is 30.7. The molecule has 0 atom stereocenters. The van der Waals surface area contributed by atoms with Crippen LogP contribution < -0.4 is 9.64 Å². The minimum atomic E-state index is -0.520. The van der Waals surface area contributed by atoms with E-state index in [-0.39, 0.29) is 24.9 Å². The van der Waals surface area contributed by atoms with Crippen LogP contribution in [0.1, 0.15) is 28.5 Å². The molecule has 0 saturated heterocycles. The van der Waals surface area contributed by atoms with Crippen LogP contribution in [0, 0.1) is 5.82 Å². The van der Waals surface area contributed by atoms with Gasteiger partial charge in [-0.1, -0.05) is 36.4 Å². The Hall–Kier alpha value is -4.04. The maximum absolute atomic E-state index is 13.0. The average Bonchev–Trinajstić information content (AvgIpc) is 3.31. The first-order valence-electron chi connectivity index (χ1n) is 10.4. The number of carbonyl (C=O) groups is 2. The van der Waals surface area contributed by atoms with Crippen LogP contribution in [0.25, 0.3) is 0 Å². The zero-order valence-corrected chi connectivity index (χ0v) is 19.1. The van der Waals surface area contributed by atoms with Gasteiger partial charge in [0.15, 0.2) is 5.13 Å². The molecule has 1 amide bonds. The van der Waals surface area contributed by atoms with Crippen molar-refractivity contribution in [2.75, 3.05) is 4.90 Å². The standard InChI is InChI=1S/C26H21FN2O4S/c1-18(30)29(23-7-3-2-4-8-23)26-28-22(17-34-26)16-33-25(31)20-6-5-9-24(14-20)32-15-19-10-12-21(27)13-11-19/h2-14,17H,15-16H2,1H3. The summed E-state index contributed by atoms with van der Waals surface area (Å²) in [6.45, 7) is 1.68. The molecular weight excluding hydrogens is 455 g/mol. The Balaban J connectivity index is 1.37. The first-order valence-corrected chi connectivity index (χ1v) is 11.3. The van der Waals surface area contributed by atoms with Crippen molar-refractivity contribution in [1.29, 1.82) is 0 Å². The molecule has 1 heterocycles. The molecule has 1 aromatic heterocycles. The molecule has 34 heavy (non-hydrogen) atoms. The van der Waals surface area contributed by atoms with Gasteiger partial charge in [0.05, 0.1) is 16.9 Å². The van der Waals surface area contributed by atoms with Crippen LogP contribution in [0.4, 0.5) is 15.2 Å². The molecule has 0 aliphatic rings. The molecular formula is C26H21FN2O4S. The molecule has 0 unspecified atom stereocenters. The van der Waals surface area contributed by atoms with E-state index in [1.54, 1.807) is 41.8 Å². The van der Waals surface area contributed by atoms with Crippen molar-refractivity contribution in [3.63, 3.8) is 0 Å². The molecule has 0 saturated carbocycles. The molecule has 0 aliphatic heterocycles. The van der Waals surface area contributed by atoms with E-state index in [0.717, 1.165) is 5.56 Å². The molecule has 172 valence electrons. The van der Waals surface area contributed by atoms with Gasteiger partial charge >= 0.3 is 5.97 Å². The van der Waals surface area contributed by atoms with Crippen LogP contribution in [0.5, 0.6) is 5.75 Å². The van der Waals surface area contributed by atoms with Crippen molar-refractivity contribution in [3.05, 3.63) is 107 Å². The summed E-state index contributed by atoms with van der Waals surface area (Å²) >= 11 is 1.30. The minimum Gasteiger partial charge on any atom is -0.489 e. The number of benzene rings is 3. The van der Waals surface area contributed by atoms with Crippen LogP contribution in [0.2, 0.25) is 0 Å². The lowest BCUT2D eigenvalue weighted by molar-refractivity contribution is -0.115. The van der Waals surface area contributed by atoms with Gasteiger partial charge in [-0.3, -0.25) is 9.69 Å². The molecule has 8 heteroatoms. The zero-order chi connectivity index (χ0) is 23.9. The molecule has 4 aromatic rings. The van der Waals surface area contributed by atoms with Crippen molar-refractivity contribution < 1.29 is 23.5 Å². The van der Waals surface area contributed by atoms with Gasteiger partial charge in [-0.05, 0) is 48.0 Å². The molecule has 0 fully saturated rings. The van der Waals surface area contributed by atoms with Crippen LogP contribution in [-0.4, -0.2) is 16.9 Å². The van der Waals surface area contributed by atoms with E-state index in [1.165, 1.54) is 35.3 Å². The predicted molar refractivity (Wildman–Crippen MR) is 128 cm³/mol. The highest BCUT2D eigenvalue weighted by Crippen LogP contribution is 2.29. The van der Waals surface area contributed by atoms with Crippen molar-refractivity contribution in [1.82, 2.24) is 4.98 Å². The summed E-state index contributed by atoms with van der Waals surface area (Å²) in [6.07, 6.45) is 0. The van der Waals surface area contributed by atoms with Crippen molar-refractivity contribution in [3.8, 4) is 5.75 Å². The van der Waals surface area contributed by atoms with E-state index in [0.29, 0.717) is 27.8 Å². The third-order valence-corrected chi connectivity index (χ3v) is 5.67. The summed E-state index contributed by atoms with van der Waals surface area (Å²) < 4.78 is 24.1. The summed E-state index contributed by atoms with van der Waals surface area (Å²) in [7, 11) is 0. The van der Waals surface area contributed by atoms with Gasteiger partial charge in [0.1, 0.15) is 24.8 Å². The highest BCUT2D eigenvalue weighted by atomic mass is 32.1. The summed E-state index contributed by atoms with van der Waals surface area (Å²) in [5, 5.41) is 2.25. The number of halogens is 1. The second kappa shape index (κ2) is 10.7. The quantitative estimate of drug-likeness (QED) is 0.296. The van der Waals surface area contributed by atoms with Gasteiger partial charge < -0.3 is 9.47 Å². The van der Waals surface area contributed by atoms with Crippen LogP contribution in [0.15, 0.2) is 84.2 Å². The van der Waals surface area contributed by atoms with E-state index >= 15 is 0 Å². The second-order valence-corrected chi connectivity index (χ2v) is 8.17. The van der Waals surface area contributed by atoms with Gasteiger partial charge in [0.2, 0.25) is 5.91 Å². The van der Waals surface area contributed by atoms with Gasteiger partial charge in [0, 0.05) is 12.3 Å². The maximum atomic E-state index is 13.0. The van der Waals surface area contributed by atoms with Crippen LogP contribution >= 0.6 is 11.3 Å². The molecule has 0 bridgehead atoms. The van der Waals surface area contributed by atoms with E-state index in [9.17, 15) is 14.0 Å². The topological polar surface area (TPSA) is 68.7 Å². The fourth-order valence-electron chi connectivity index (χ4n) is 3.15. The van der Waals surface area contributed by atoms with Crippen molar-refractivity contribution in [2.24, 2.45) is 0 Å². The van der Waals surface area contributed by atoms with Crippen molar-refractivity contribution >= 4 is 34.0 Å². The Bertz CT molecular complexity index is 1280. The molecule has 4 rings (SSSR count). The Morgan fingerprint density at radius 3 is 2.47 bits per heavy atom. The average molecular weight is 477 g/mol. The fourth-order valence-corrected chi connectivity index (χ4v) is 4.02. The number of nitrogens with zero attached hydrogens (tertiary/aromatic N) is 2. The van der Waals surface area contributed by atoms with Gasteiger partial charge in [-0.2, -0.15) is 0 Å². The monoisotopic (exact) mass is 476 g/mol. The Morgan fingerprint density at radius 2 is 1.74 bits per heavy atom. The third-order valence-electron chi connectivity index (χ3n) is 4.80. The number of anilines is 2. The summed E-state index contributed by atoms with van der Waals surface area (Å²) in [5.41, 5.74) is 2.40. The maximum Gasteiger partial charge on any atom is 0.338 e.